The molecule has 0 bridgehead atoms. The van der Waals surface area contributed by atoms with Gasteiger partial charge in [0, 0.05) is 13.6 Å². The van der Waals surface area contributed by atoms with Gasteiger partial charge in [0.15, 0.2) is 0 Å². The Morgan fingerprint density at radius 3 is 1.92 bits per heavy atom. The van der Waals surface area contributed by atoms with E-state index in [0.717, 1.165) is 6.54 Å². The van der Waals surface area contributed by atoms with Crippen LogP contribution in [0.15, 0.2) is 25.3 Å². The molecule has 0 fully saturated rings. The number of amides is 1. The minimum Gasteiger partial charge on any atom is -0.343 e. The van der Waals surface area contributed by atoms with Crippen LogP contribution in [0.4, 0.5) is 0 Å². The summed E-state index contributed by atoms with van der Waals surface area (Å²) in [5.74, 6) is 0.627. The van der Waals surface area contributed by atoms with Crippen LogP contribution in [0.1, 0.15) is 20.8 Å². The zero-order chi connectivity index (χ0) is 10.9. The normalized spacial score (nSPS) is 8.38. The first-order valence-electron chi connectivity index (χ1n) is 4.49. The summed E-state index contributed by atoms with van der Waals surface area (Å²) in [5, 5.41) is 0. The third-order valence-electron chi connectivity index (χ3n) is 1.50. The van der Waals surface area contributed by atoms with Gasteiger partial charge in [0.05, 0.1) is 0 Å². The molecule has 0 aromatic rings. The third-order valence-corrected chi connectivity index (χ3v) is 1.50. The van der Waals surface area contributed by atoms with Crippen molar-refractivity contribution < 1.29 is 4.79 Å². The van der Waals surface area contributed by atoms with E-state index in [1.165, 1.54) is 6.08 Å². The minimum absolute atomic E-state index is 0.0208. The predicted octanol–water partition coefficient (Wildman–Crippen LogP) is 2.48. The molecule has 1 amide bonds. The summed E-state index contributed by atoms with van der Waals surface area (Å²) >= 11 is 0. The van der Waals surface area contributed by atoms with Gasteiger partial charge in [0.25, 0.3) is 0 Å². The summed E-state index contributed by atoms with van der Waals surface area (Å²) in [4.78, 5) is 12.1. The second kappa shape index (κ2) is 9.04. The number of likely N-dealkylation sites (N-methyl/N-ethyl adjacent to an activating group) is 1. The quantitative estimate of drug-likeness (QED) is 0.486. The number of carbonyl (C=O) groups is 1. The molecule has 2 heteroatoms. The van der Waals surface area contributed by atoms with E-state index in [4.69, 9.17) is 0 Å². The fourth-order valence-electron chi connectivity index (χ4n) is 0.312. The van der Waals surface area contributed by atoms with E-state index in [1.54, 1.807) is 11.9 Å². The van der Waals surface area contributed by atoms with Gasteiger partial charge in [-0.2, -0.15) is 0 Å². The van der Waals surface area contributed by atoms with Crippen LogP contribution in [-0.2, 0) is 4.79 Å². The summed E-state index contributed by atoms with van der Waals surface area (Å²) < 4.78 is 0. The molecule has 0 saturated carbocycles. The van der Waals surface area contributed by atoms with Gasteiger partial charge in [-0.05, 0) is 18.9 Å². The van der Waals surface area contributed by atoms with Gasteiger partial charge < -0.3 is 4.90 Å². The highest BCUT2D eigenvalue weighted by molar-refractivity contribution is 5.86. The number of allylic oxidation sites excluding steroid dienone is 1. The number of carbonyl (C=O) groups excluding carboxylic acids is 1. The summed E-state index contributed by atoms with van der Waals surface area (Å²) in [6.45, 7) is 13.8. The topological polar surface area (TPSA) is 20.3 Å². The van der Waals surface area contributed by atoms with Crippen molar-refractivity contribution in [2.45, 2.75) is 20.8 Å². The van der Waals surface area contributed by atoms with Crippen molar-refractivity contribution in [1.29, 1.82) is 0 Å². The molecular formula is C11H21NO. The average molecular weight is 183 g/mol. The largest absolute Gasteiger partial charge is 0.343 e. The monoisotopic (exact) mass is 183 g/mol. The number of rotatable bonds is 3. The summed E-state index contributed by atoms with van der Waals surface area (Å²) in [6.07, 6.45) is 3.23. The Labute approximate surface area is 81.9 Å². The zero-order valence-electron chi connectivity index (χ0n) is 9.21. The van der Waals surface area contributed by atoms with Gasteiger partial charge in [-0.1, -0.05) is 26.5 Å². The van der Waals surface area contributed by atoms with E-state index >= 15 is 0 Å². The Balaban J connectivity index is 0. The smallest absolute Gasteiger partial charge is 0.245 e. The van der Waals surface area contributed by atoms with E-state index in [1.807, 2.05) is 13.0 Å². The van der Waals surface area contributed by atoms with E-state index in [-0.39, 0.29) is 5.91 Å². The molecule has 0 N–H and O–H groups in total. The molecule has 0 rings (SSSR count). The molecule has 0 heterocycles. The summed E-state index contributed by atoms with van der Waals surface area (Å²) in [6, 6.07) is 0. The van der Waals surface area contributed by atoms with Gasteiger partial charge in [-0.3, -0.25) is 4.79 Å². The van der Waals surface area contributed by atoms with Crippen molar-refractivity contribution in [3.63, 3.8) is 0 Å². The number of nitrogens with zero attached hydrogens (tertiary/aromatic N) is 1. The molecule has 0 unspecified atom stereocenters. The first-order chi connectivity index (χ1) is 5.99. The summed E-state index contributed by atoms with van der Waals surface area (Å²) in [5.41, 5.74) is 0. The zero-order valence-corrected chi connectivity index (χ0v) is 9.21. The van der Waals surface area contributed by atoms with E-state index in [0.29, 0.717) is 5.92 Å². The van der Waals surface area contributed by atoms with Crippen LogP contribution < -0.4 is 0 Å². The molecule has 0 spiro atoms. The number of hydrogen-bond acceptors (Lipinski definition) is 1. The minimum atomic E-state index is -0.0208. The molecule has 0 aliphatic carbocycles. The molecule has 0 atom stereocenters. The van der Waals surface area contributed by atoms with E-state index < -0.39 is 0 Å². The number of hydrogen-bond donors (Lipinski definition) is 0. The molecule has 0 radical (unpaired) electrons. The van der Waals surface area contributed by atoms with Crippen molar-refractivity contribution in [2.24, 2.45) is 5.92 Å². The van der Waals surface area contributed by atoms with Gasteiger partial charge in [-0.15, -0.1) is 6.58 Å². The van der Waals surface area contributed by atoms with Crippen LogP contribution in [0.5, 0.6) is 0 Å². The highest BCUT2D eigenvalue weighted by Gasteiger charge is 1.96. The molecule has 0 aliphatic heterocycles. The van der Waals surface area contributed by atoms with Gasteiger partial charge in [0.2, 0.25) is 5.91 Å². The van der Waals surface area contributed by atoms with E-state index in [2.05, 4.69) is 27.0 Å². The lowest BCUT2D eigenvalue weighted by Gasteiger charge is -2.09. The van der Waals surface area contributed by atoms with Crippen LogP contribution in [-0.4, -0.2) is 24.4 Å². The molecule has 0 aromatic heterocycles. The highest BCUT2D eigenvalue weighted by atomic mass is 16.2. The molecule has 0 aliphatic rings. The van der Waals surface area contributed by atoms with Crippen molar-refractivity contribution in [2.75, 3.05) is 13.6 Å². The van der Waals surface area contributed by atoms with Crippen molar-refractivity contribution in [1.82, 2.24) is 4.90 Å². The maximum Gasteiger partial charge on any atom is 0.245 e. The van der Waals surface area contributed by atoms with Gasteiger partial charge in [-0.25, -0.2) is 0 Å². The Kier molecular flexibility index (Phi) is 10.1. The Hall–Kier alpha value is -1.05. The molecule has 2 nitrogen and oxygen atoms in total. The van der Waals surface area contributed by atoms with Crippen LogP contribution in [0.25, 0.3) is 0 Å². The van der Waals surface area contributed by atoms with Gasteiger partial charge in [0.1, 0.15) is 0 Å². The third kappa shape index (κ3) is 10.9. The fourth-order valence-corrected chi connectivity index (χ4v) is 0.312. The fraction of sp³-hybridized carbons (Fsp3) is 0.545. The first kappa shape index (κ1) is 14.5. The molecule has 0 saturated heterocycles. The second-order valence-corrected chi connectivity index (χ2v) is 3.04. The Morgan fingerprint density at radius 1 is 1.46 bits per heavy atom. The first-order valence-corrected chi connectivity index (χ1v) is 4.49. The Bertz CT molecular complexity index is 161. The Morgan fingerprint density at radius 2 is 1.85 bits per heavy atom. The lowest BCUT2D eigenvalue weighted by molar-refractivity contribution is -0.124. The molecule has 0 aromatic carbocycles. The van der Waals surface area contributed by atoms with Crippen molar-refractivity contribution >= 4 is 5.91 Å². The lowest BCUT2D eigenvalue weighted by atomic mass is 10.2. The standard InChI is InChI=1S/C6H11NO.C5H10/c1-4-6(8)7(3)5-2;1-4-5(2)3/h4H,1,5H2,2-3H3;4-5H,1H2,2-3H3. The molecule has 13 heavy (non-hydrogen) atoms. The molecule has 76 valence electrons. The maximum atomic E-state index is 10.6. The lowest BCUT2D eigenvalue weighted by Crippen LogP contribution is -2.23. The highest BCUT2D eigenvalue weighted by Crippen LogP contribution is 1.87. The van der Waals surface area contributed by atoms with Crippen molar-refractivity contribution in [3.8, 4) is 0 Å². The van der Waals surface area contributed by atoms with E-state index in [9.17, 15) is 4.79 Å². The SMILES string of the molecule is C=CC(=O)N(C)CC.C=CC(C)C. The maximum absolute atomic E-state index is 10.6. The van der Waals surface area contributed by atoms with Crippen LogP contribution in [0.2, 0.25) is 0 Å². The van der Waals surface area contributed by atoms with Gasteiger partial charge >= 0.3 is 0 Å². The molecular weight excluding hydrogens is 162 g/mol. The van der Waals surface area contributed by atoms with Crippen LogP contribution >= 0.6 is 0 Å². The van der Waals surface area contributed by atoms with Crippen LogP contribution in [0.3, 0.4) is 0 Å². The van der Waals surface area contributed by atoms with Crippen molar-refractivity contribution in [3.05, 3.63) is 25.3 Å². The summed E-state index contributed by atoms with van der Waals surface area (Å²) in [7, 11) is 1.74. The second-order valence-electron chi connectivity index (χ2n) is 3.04. The average Bonchev–Trinajstić information content (AvgIpc) is 2.16. The van der Waals surface area contributed by atoms with Crippen LogP contribution in [0, 0.1) is 5.92 Å². The predicted molar refractivity (Wildman–Crippen MR) is 58.5 cm³/mol.